The number of carbonyl (C=O) groups is 1. The molecule has 5 nitrogen and oxygen atoms in total. The van der Waals surface area contributed by atoms with Gasteiger partial charge in [-0.2, -0.15) is 0 Å². The van der Waals surface area contributed by atoms with Crippen LogP contribution in [0.2, 0.25) is 0 Å². The monoisotopic (exact) mass is 519 g/mol. The van der Waals surface area contributed by atoms with E-state index >= 15 is 4.39 Å². The molecule has 38 heavy (non-hydrogen) atoms. The Morgan fingerprint density at radius 1 is 0.921 bits per heavy atom. The first-order chi connectivity index (χ1) is 18.4. The van der Waals surface area contributed by atoms with E-state index in [0.717, 1.165) is 34.5 Å². The third kappa shape index (κ3) is 6.93. The van der Waals surface area contributed by atoms with Crippen molar-refractivity contribution in [3.63, 3.8) is 0 Å². The lowest BCUT2D eigenvalue weighted by Gasteiger charge is -2.39. The van der Waals surface area contributed by atoms with Crippen molar-refractivity contribution in [1.82, 2.24) is 4.90 Å². The van der Waals surface area contributed by atoms with Crippen molar-refractivity contribution >= 4 is 5.97 Å². The fourth-order valence-corrected chi connectivity index (χ4v) is 5.26. The molecule has 0 aromatic heterocycles. The molecule has 0 saturated carbocycles. The van der Waals surface area contributed by atoms with E-state index in [9.17, 15) is 4.79 Å². The van der Waals surface area contributed by atoms with Gasteiger partial charge in [0.15, 0.2) is 0 Å². The van der Waals surface area contributed by atoms with Crippen molar-refractivity contribution in [3.8, 4) is 22.6 Å². The Bertz CT molecular complexity index is 1230. The second kappa shape index (κ2) is 12.9. The van der Waals surface area contributed by atoms with Gasteiger partial charge in [0.05, 0.1) is 14.2 Å². The largest absolute Gasteiger partial charge is 0.497 e. The molecule has 1 fully saturated rings. The third-order valence-electron chi connectivity index (χ3n) is 7.51. The van der Waals surface area contributed by atoms with Gasteiger partial charge >= 0.3 is 5.97 Å². The van der Waals surface area contributed by atoms with Crippen LogP contribution in [0.3, 0.4) is 0 Å². The highest BCUT2D eigenvalue weighted by Crippen LogP contribution is 2.33. The minimum Gasteiger partial charge on any atom is -0.497 e. The predicted octanol–water partition coefficient (Wildman–Crippen LogP) is 6.95. The zero-order valence-corrected chi connectivity index (χ0v) is 22.8. The number of esters is 1. The maximum atomic E-state index is 15.0. The minimum atomic E-state index is -0.264. The second-order valence-electron chi connectivity index (χ2n) is 10.2. The summed E-state index contributed by atoms with van der Waals surface area (Å²) in [6, 6.07) is 19.7. The molecular formula is C32H38FNO4. The molecular weight excluding hydrogens is 481 g/mol. The summed E-state index contributed by atoms with van der Waals surface area (Å²) < 4.78 is 31.3. The van der Waals surface area contributed by atoms with Crippen LogP contribution in [0.1, 0.15) is 56.2 Å². The predicted molar refractivity (Wildman–Crippen MR) is 148 cm³/mol. The van der Waals surface area contributed by atoms with Crippen LogP contribution in [0.15, 0.2) is 60.7 Å². The van der Waals surface area contributed by atoms with Crippen molar-refractivity contribution in [3.05, 3.63) is 83.2 Å². The summed E-state index contributed by atoms with van der Waals surface area (Å²) in [5.74, 6) is 0.884. The summed E-state index contributed by atoms with van der Waals surface area (Å²) >= 11 is 0. The molecule has 3 aromatic rings. The summed E-state index contributed by atoms with van der Waals surface area (Å²) in [7, 11) is 3.00. The van der Waals surface area contributed by atoms with Crippen molar-refractivity contribution < 1.29 is 23.4 Å². The molecule has 4 rings (SSSR count). The van der Waals surface area contributed by atoms with Crippen LogP contribution in [0.4, 0.5) is 4.39 Å². The molecule has 0 spiro atoms. The van der Waals surface area contributed by atoms with Gasteiger partial charge in [-0.05, 0) is 85.7 Å². The molecule has 1 saturated heterocycles. The number of piperidine rings is 1. The number of hydrogen-bond donors (Lipinski definition) is 0. The van der Waals surface area contributed by atoms with E-state index in [0.29, 0.717) is 42.8 Å². The number of hydrogen-bond acceptors (Lipinski definition) is 5. The number of carbonyl (C=O) groups excluding carboxylic acids is 1. The molecule has 3 aromatic carbocycles. The molecule has 2 unspecified atom stereocenters. The molecule has 1 aliphatic heterocycles. The Hall–Kier alpha value is -3.38. The van der Waals surface area contributed by atoms with Gasteiger partial charge in [-0.1, -0.05) is 36.8 Å². The van der Waals surface area contributed by atoms with Gasteiger partial charge < -0.3 is 14.2 Å². The van der Waals surface area contributed by atoms with Crippen LogP contribution >= 0.6 is 0 Å². The second-order valence-corrected chi connectivity index (χ2v) is 10.2. The zero-order valence-electron chi connectivity index (χ0n) is 22.8. The molecule has 0 aliphatic carbocycles. The van der Waals surface area contributed by atoms with E-state index in [1.807, 2.05) is 36.4 Å². The molecule has 0 bridgehead atoms. The van der Waals surface area contributed by atoms with Crippen LogP contribution < -0.4 is 9.47 Å². The Kier molecular flexibility index (Phi) is 9.40. The Labute approximate surface area is 225 Å². The van der Waals surface area contributed by atoms with Crippen LogP contribution in [0, 0.1) is 5.82 Å². The van der Waals surface area contributed by atoms with Gasteiger partial charge in [0.1, 0.15) is 23.9 Å². The van der Waals surface area contributed by atoms with Gasteiger partial charge in [0.2, 0.25) is 0 Å². The number of benzene rings is 3. The van der Waals surface area contributed by atoms with Gasteiger partial charge in [-0.25, -0.2) is 4.39 Å². The van der Waals surface area contributed by atoms with Crippen LogP contribution in [0.5, 0.6) is 11.5 Å². The fourth-order valence-electron chi connectivity index (χ4n) is 5.26. The van der Waals surface area contributed by atoms with Gasteiger partial charge in [-0.3, -0.25) is 9.69 Å². The molecule has 1 aliphatic rings. The quantitative estimate of drug-likeness (QED) is 0.271. The van der Waals surface area contributed by atoms with Gasteiger partial charge in [0, 0.05) is 30.6 Å². The average Bonchev–Trinajstić information content (AvgIpc) is 2.93. The Morgan fingerprint density at radius 2 is 1.71 bits per heavy atom. The molecule has 0 radical (unpaired) electrons. The van der Waals surface area contributed by atoms with E-state index < -0.39 is 0 Å². The van der Waals surface area contributed by atoms with Crippen LogP contribution in [-0.2, 0) is 29.1 Å². The number of nitrogens with zero attached hydrogens (tertiary/aromatic N) is 1. The molecule has 2 atom stereocenters. The van der Waals surface area contributed by atoms with Gasteiger partial charge in [0.25, 0.3) is 0 Å². The molecule has 0 amide bonds. The summed E-state index contributed by atoms with van der Waals surface area (Å²) in [5, 5.41) is 0. The smallest absolute Gasteiger partial charge is 0.305 e. The lowest BCUT2D eigenvalue weighted by Crippen LogP contribution is -2.43. The van der Waals surface area contributed by atoms with E-state index in [4.69, 9.17) is 14.2 Å². The maximum Gasteiger partial charge on any atom is 0.305 e. The van der Waals surface area contributed by atoms with Crippen molar-refractivity contribution in [2.45, 2.75) is 71.2 Å². The van der Waals surface area contributed by atoms with E-state index in [2.05, 4.69) is 24.8 Å². The summed E-state index contributed by atoms with van der Waals surface area (Å²) in [6.07, 6.45) is 4.51. The first-order valence-corrected chi connectivity index (χ1v) is 13.4. The Balaban J connectivity index is 1.59. The topological polar surface area (TPSA) is 48.0 Å². The minimum absolute atomic E-state index is 0.228. The highest BCUT2D eigenvalue weighted by Gasteiger charge is 2.26. The first kappa shape index (κ1) is 27.6. The van der Waals surface area contributed by atoms with Gasteiger partial charge in [-0.15, -0.1) is 0 Å². The average molecular weight is 520 g/mol. The van der Waals surface area contributed by atoms with Crippen molar-refractivity contribution in [1.29, 1.82) is 0 Å². The molecule has 0 N–H and O–H groups in total. The summed E-state index contributed by atoms with van der Waals surface area (Å²) in [6.45, 7) is 5.69. The maximum absolute atomic E-state index is 15.0. The Morgan fingerprint density at radius 3 is 2.45 bits per heavy atom. The SMILES string of the molecule is COC(=O)CCc1cccc(OCc2ccc(-c3cc(OC)ccc3F)c(CN3C(C)CCCC3C)c2)c1. The zero-order chi connectivity index (χ0) is 27.1. The number of halogens is 1. The number of likely N-dealkylation sites (tertiary alicyclic amines) is 1. The highest BCUT2D eigenvalue weighted by atomic mass is 19.1. The van der Waals surface area contributed by atoms with Crippen LogP contribution in [0.25, 0.3) is 11.1 Å². The molecule has 1 heterocycles. The molecule has 6 heteroatoms. The first-order valence-electron chi connectivity index (χ1n) is 13.4. The normalized spacial score (nSPS) is 17.7. The van der Waals surface area contributed by atoms with Crippen molar-refractivity contribution in [2.24, 2.45) is 0 Å². The lowest BCUT2D eigenvalue weighted by molar-refractivity contribution is -0.140. The third-order valence-corrected chi connectivity index (χ3v) is 7.51. The standard InChI is InChI=1S/C32H38FNO4/c1-22-7-5-8-23(2)34(22)20-26-17-25(11-14-29(26)30-19-27(36-3)13-15-31(30)33)21-38-28-10-6-9-24(18-28)12-16-32(35)37-4/h6,9-11,13-15,17-19,22-23H,5,7-8,12,16,20-21H2,1-4H3. The van der Waals surface area contributed by atoms with E-state index in [-0.39, 0.29) is 11.8 Å². The summed E-state index contributed by atoms with van der Waals surface area (Å²) in [5.41, 5.74) is 4.53. The lowest BCUT2D eigenvalue weighted by atomic mass is 9.93. The van der Waals surface area contributed by atoms with Crippen molar-refractivity contribution in [2.75, 3.05) is 14.2 Å². The highest BCUT2D eigenvalue weighted by molar-refractivity contribution is 5.70. The number of methoxy groups -OCH3 is 2. The molecule has 202 valence electrons. The van der Waals surface area contributed by atoms with E-state index in [1.54, 1.807) is 19.2 Å². The van der Waals surface area contributed by atoms with Crippen LogP contribution in [-0.4, -0.2) is 37.2 Å². The van der Waals surface area contributed by atoms with E-state index in [1.165, 1.54) is 32.4 Å². The number of ether oxygens (including phenoxy) is 3. The fraction of sp³-hybridized carbons (Fsp3) is 0.406. The number of aryl methyl sites for hydroxylation is 1. The number of rotatable bonds is 10. The summed E-state index contributed by atoms with van der Waals surface area (Å²) in [4.78, 5) is 14.0.